The van der Waals surface area contributed by atoms with Gasteiger partial charge in [0, 0.05) is 12.0 Å². The van der Waals surface area contributed by atoms with Gasteiger partial charge < -0.3 is 14.4 Å². The molecule has 0 saturated carbocycles. The lowest BCUT2D eigenvalue weighted by Crippen LogP contribution is -2.53. The second-order valence-electron chi connectivity index (χ2n) is 10.2. The number of halogens is 4. The molecule has 1 amide bonds. The van der Waals surface area contributed by atoms with E-state index in [-0.39, 0.29) is 55.6 Å². The minimum Gasteiger partial charge on any atom is -0.454 e. The summed E-state index contributed by atoms with van der Waals surface area (Å²) in [6.45, 7) is 3.10. The van der Waals surface area contributed by atoms with Crippen LogP contribution in [0.25, 0.3) is 11.4 Å². The number of amides is 1. The number of aromatic nitrogens is 5. The van der Waals surface area contributed by atoms with Gasteiger partial charge in [-0.1, -0.05) is 6.07 Å². The second-order valence-corrected chi connectivity index (χ2v) is 10.2. The van der Waals surface area contributed by atoms with Gasteiger partial charge in [-0.05, 0) is 55.3 Å². The van der Waals surface area contributed by atoms with E-state index in [9.17, 15) is 31.9 Å². The van der Waals surface area contributed by atoms with E-state index in [4.69, 9.17) is 9.47 Å². The molecule has 44 heavy (non-hydrogen) atoms. The Morgan fingerprint density at radius 3 is 2.64 bits per heavy atom. The summed E-state index contributed by atoms with van der Waals surface area (Å²) in [6, 6.07) is 8.77. The first-order chi connectivity index (χ1) is 20.9. The van der Waals surface area contributed by atoms with Gasteiger partial charge in [-0.25, -0.2) is 23.7 Å². The third-order valence-electron chi connectivity index (χ3n) is 7.48. The molecular weight excluding hydrogens is 592 g/mol. The van der Waals surface area contributed by atoms with Crippen LogP contribution in [0.1, 0.15) is 38.6 Å². The van der Waals surface area contributed by atoms with Crippen LogP contribution in [0.3, 0.4) is 0 Å². The number of rotatable bonds is 5. The summed E-state index contributed by atoms with van der Waals surface area (Å²) in [5.74, 6) is -3.11. The van der Waals surface area contributed by atoms with Crippen molar-refractivity contribution >= 4 is 11.9 Å². The fraction of sp³-hybridized carbons (Fsp3) is 0.286. The van der Waals surface area contributed by atoms with E-state index in [1.54, 1.807) is 32.0 Å². The molecule has 1 N–H and O–H groups in total. The highest BCUT2D eigenvalue weighted by molar-refractivity contribution is 5.94. The maximum absolute atomic E-state index is 15.0. The lowest BCUT2D eigenvalue weighted by molar-refractivity contribution is -0.702. The molecule has 0 radical (unpaired) electrons. The van der Waals surface area contributed by atoms with Gasteiger partial charge in [-0.2, -0.15) is 18.3 Å². The Hall–Kier alpha value is -5.28. The van der Waals surface area contributed by atoms with Crippen molar-refractivity contribution in [2.45, 2.75) is 39.5 Å². The predicted octanol–water partition coefficient (Wildman–Crippen LogP) is 2.17. The fourth-order valence-electron chi connectivity index (χ4n) is 4.96. The third-order valence-corrected chi connectivity index (χ3v) is 7.48. The summed E-state index contributed by atoms with van der Waals surface area (Å²) in [4.78, 5) is 43.3. The first-order valence-corrected chi connectivity index (χ1v) is 13.2. The standard InChI is InChI=1S/C28H22F4N6O6/c1-14-15(2)25(39)34-33-20(14)10-16-3-5-19(29)18(9-16)26(40)36-7-8-37-23(12-36)38(44-27(41)28(30,31)32)35-24(37)17-4-6-21-22(11-17)43-13-42-21/h3-6,9,11H,7-8,10,12-13H2,1-2H3/p+1. The van der Waals surface area contributed by atoms with Crippen molar-refractivity contribution in [2.75, 3.05) is 13.3 Å². The molecule has 2 aromatic carbocycles. The Kier molecular flexibility index (Phi) is 7.05. The highest BCUT2D eigenvalue weighted by Gasteiger charge is 2.46. The van der Waals surface area contributed by atoms with Gasteiger partial charge in [0.15, 0.2) is 11.5 Å². The van der Waals surface area contributed by atoms with Crippen LogP contribution in [-0.2, 0) is 24.3 Å². The summed E-state index contributed by atoms with van der Waals surface area (Å²) in [7, 11) is 0. The molecule has 228 valence electrons. The zero-order valence-electron chi connectivity index (χ0n) is 23.2. The number of fused-ring (bicyclic) bond motifs is 2. The Labute approximate surface area is 245 Å². The Morgan fingerprint density at radius 1 is 1.09 bits per heavy atom. The number of nitrogens with one attached hydrogen (secondary N) is 1. The topological polar surface area (TPSA) is 133 Å². The molecule has 6 rings (SSSR count). The number of hydrogen-bond donors (Lipinski definition) is 1. The van der Waals surface area contributed by atoms with Crippen LogP contribution in [0.4, 0.5) is 17.6 Å². The lowest BCUT2D eigenvalue weighted by Gasteiger charge is -2.25. The molecule has 2 aliphatic heterocycles. The minimum absolute atomic E-state index is 0.00285. The van der Waals surface area contributed by atoms with E-state index >= 15 is 0 Å². The van der Waals surface area contributed by atoms with Crippen molar-refractivity contribution < 1.29 is 46.0 Å². The van der Waals surface area contributed by atoms with E-state index in [0.29, 0.717) is 44.3 Å². The van der Waals surface area contributed by atoms with Crippen molar-refractivity contribution in [3.63, 3.8) is 0 Å². The minimum atomic E-state index is -5.31. The molecule has 0 aliphatic carbocycles. The number of carbonyl (C=O) groups excluding carboxylic acids is 2. The molecule has 2 aliphatic rings. The van der Waals surface area contributed by atoms with E-state index in [0.717, 1.165) is 6.07 Å². The molecule has 0 bridgehead atoms. The quantitative estimate of drug-likeness (QED) is 0.267. The van der Waals surface area contributed by atoms with Gasteiger partial charge in [0.2, 0.25) is 6.79 Å². The highest BCUT2D eigenvalue weighted by Crippen LogP contribution is 2.35. The Bertz CT molecular complexity index is 1890. The van der Waals surface area contributed by atoms with Crippen LogP contribution in [0.5, 0.6) is 11.5 Å². The maximum Gasteiger partial charge on any atom is 0.495 e. The van der Waals surface area contributed by atoms with Crippen LogP contribution in [0.15, 0.2) is 41.2 Å². The molecule has 16 heteroatoms. The number of nitrogens with zero attached hydrogens (tertiary/aromatic N) is 5. The number of benzene rings is 2. The first-order valence-electron chi connectivity index (χ1n) is 13.2. The van der Waals surface area contributed by atoms with Gasteiger partial charge in [0.05, 0.1) is 39.9 Å². The number of aromatic amines is 1. The molecular formula is C28H23F4N6O6+. The van der Waals surface area contributed by atoms with E-state index in [2.05, 4.69) is 20.1 Å². The summed E-state index contributed by atoms with van der Waals surface area (Å²) < 4.78 is 66.5. The average molecular weight is 616 g/mol. The van der Waals surface area contributed by atoms with Crippen molar-refractivity contribution in [3.8, 4) is 22.9 Å². The van der Waals surface area contributed by atoms with Crippen molar-refractivity contribution in [2.24, 2.45) is 0 Å². The largest absolute Gasteiger partial charge is 0.495 e. The average Bonchev–Trinajstić information content (AvgIpc) is 3.61. The zero-order chi connectivity index (χ0) is 31.3. The lowest BCUT2D eigenvalue weighted by atomic mass is 10.0. The normalized spacial score (nSPS) is 14.0. The first kappa shape index (κ1) is 28.8. The molecule has 12 nitrogen and oxygen atoms in total. The van der Waals surface area contributed by atoms with Crippen molar-refractivity contribution in [3.05, 3.63) is 86.3 Å². The molecule has 0 unspecified atom stereocenters. The van der Waals surface area contributed by atoms with Gasteiger partial charge in [-0.15, -0.1) is 0 Å². The Balaban J connectivity index is 1.32. The maximum atomic E-state index is 15.0. The van der Waals surface area contributed by atoms with E-state index in [1.807, 2.05) is 0 Å². The number of hydrogen-bond acceptors (Lipinski definition) is 8. The van der Waals surface area contributed by atoms with Crippen LogP contribution >= 0.6 is 0 Å². The number of alkyl halides is 3. The summed E-state index contributed by atoms with van der Waals surface area (Å²) in [5.41, 5.74) is 2.05. The summed E-state index contributed by atoms with van der Waals surface area (Å²) >= 11 is 0. The van der Waals surface area contributed by atoms with Gasteiger partial charge in [0.25, 0.3) is 11.5 Å². The van der Waals surface area contributed by atoms with Crippen LogP contribution in [0.2, 0.25) is 0 Å². The number of carbonyl (C=O) groups is 2. The summed E-state index contributed by atoms with van der Waals surface area (Å²) in [5, 5.41) is 10.6. The van der Waals surface area contributed by atoms with Crippen LogP contribution in [-0.4, -0.2) is 56.4 Å². The van der Waals surface area contributed by atoms with E-state index in [1.165, 1.54) is 21.6 Å². The van der Waals surface area contributed by atoms with Gasteiger partial charge in [-0.3, -0.25) is 9.59 Å². The molecule has 0 fully saturated rings. The molecule has 4 heterocycles. The second kappa shape index (κ2) is 10.8. The smallest absolute Gasteiger partial charge is 0.454 e. The van der Waals surface area contributed by atoms with Crippen LogP contribution in [0, 0.1) is 19.7 Å². The molecule has 4 aromatic rings. The van der Waals surface area contributed by atoms with Gasteiger partial charge in [0.1, 0.15) is 12.4 Å². The molecule has 2 aromatic heterocycles. The number of ether oxygens (including phenoxy) is 2. The highest BCUT2D eigenvalue weighted by atomic mass is 19.4. The molecule has 0 spiro atoms. The van der Waals surface area contributed by atoms with Crippen LogP contribution < -0.4 is 24.4 Å². The number of H-pyrrole nitrogens is 1. The Morgan fingerprint density at radius 2 is 1.86 bits per heavy atom. The van der Waals surface area contributed by atoms with Crippen molar-refractivity contribution in [1.29, 1.82) is 0 Å². The SMILES string of the molecule is Cc1c(Cc2ccc(F)c(C(=O)N3CC[n+]4c(-c5ccc6c(c5)OCO6)nn(OC(=O)C(F)(F)F)c4C3)c2)n[nH]c(=O)c1C. The molecule has 0 atom stereocenters. The predicted molar refractivity (Wildman–Crippen MR) is 140 cm³/mol. The third kappa shape index (κ3) is 5.22. The molecule has 0 saturated heterocycles. The zero-order valence-corrected chi connectivity index (χ0v) is 23.2. The summed E-state index contributed by atoms with van der Waals surface area (Å²) in [6.07, 6.45) is -5.11. The van der Waals surface area contributed by atoms with Crippen molar-refractivity contribution in [1.82, 2.24) is 25.0 Å². The fourth-order valence-corrected chi connectivity index (χ4v) is 4.96. The van der Waals surface area contributed by atoms with E-state index < -0.39 is 23.9 Å². The van der Waals surface area contributed by atoms with Gasteiger partial charge >= 0.3 is 23.8 Å². The monoisotopic (exact) mass is 615 g/mol.